The summed E-state index contributed by atoms with van der Waals surface area (Å²) in [4.78, 5) is 16.6. The molecule has 0 fully saturated rings. The van der Waals surface area contributed by atoms with E-state index in [9.17, 15) is 10.0 Å². The summed E-state index contributed by atoms with van der Waals surface area (Å²) in [6, 6.07) is 13.3. The molecule has 1 aliphatic rings. The van der Waals surface area contributed by atoms with Crippen molar-refractivity contribution in [1.29, 1.82) is 0 Å². The second-order valence-electron chi connectivity index (χ2n) is 5.98. The Morgan fingerprint density at radius 3 is 2.78 bits per heavy atom. The molecule has 2 aromatic carbocycles. The lowest BCUT2D eigenvalue weighted by molar-refractivity contribution is -0.0536. The number of amides is 2. The van der Waals surface area contributed by atoms with Gasteiger partial charge >= 0.3 is 6.03 Å². The first kappa shape index (κ1) is 18.8. The lowest BCUT2D eigenvalue weighted by Gasteiger charge is -2.14. The lowest BCUT2D eigenvalue weighted by atomic mass is 10.0. The molecule has 4 N–H and O–H groups in total. The smallest absolute Gasteiger partial charge is 0.339 e. The van der Waals surface area contributed by atoms with Gasteiger partial charge in [-0.15, -0.1) is 0 Å². The van der Waals surface area contributed by atoms with Crippen LogP contribution in [0.4, 0.5) is 4.79 Å². The number of hydrogen-bond acceptors (Lipinski definition) is 4. The van der Waals surface area contributed by atoms with Crippen molar-refractivity contribution in [3.63, 3.8) is 0 Å². The second-order valence-corrected chi connectivity index (χ2v) is 6.42. The average molecular weight is 384 g/mol. The monoisotopic (exact) mass is 383 g/mol. The first-order valence-electron chi connectivity index (χ1n) is 8.22. The third-order valence-corrected chi connectivity index (χ3v) is 4.26. The van der Waals surface area contributed by atoms with Gasteiger partial charge in [-0.25, -0.2) is 4.79 Å². The molecule has 0 radical (unpaired) electrons. The second kappa shape index (κ2) is 8.14. The van der Waals surface area contributed by atoms with Crippen molar-refractivity contribution in [3.05, 3.63) is 76.3 Å². The van der Waals surface area contributed by atoms with Crippen molar-refractivity contribution < 1.29 is 14.8 Å². The zero-order valence-electron chi connectivity index (χ0n) is 14.5. The Morgan fingerprint density at radius 2 is 2.07 bits per heavy atom. The van der Waals surface area contributed by atoms with Crippen LogP contribution in [0, 0.1) is 11.8 Å². The van der Waals surface area contributed by atoms with E-state index in [0.717, 1.165) is 22.4 Å². The van der Waals surface area contributed by atoms with Crippen LogP contribution in [-0.4, -0.2) is 22.3 Å². The Bertz CT molecular complexity index is 931. The molecule has 2 unspecified atom stereocenters. The predicted octanol–water partition coefficient (Wildman–Crippen LogP) is 3.47. The number of carbonyl (C=O) groups excluding carboxylic acids is 1. The standard InChI is InChI=1S/C20H18ClN3O3/c1-13(24(26)20(22)25)5-6-14-3-2-4-16(11-14)18-12-19(27-23-18)15-7-9-17(21)10-8-15/h2-4,7-13,19,23,26H,1H3,(H2,22,25). The minimum absolute atomic E-state index is 0.217. The van der Waals surface area contributed by atoms with Crippen LogP contribution in [0.15, 0.2) is 54.6 Å². The van der Waals surface area contributed by atoms with Crippen LogP contribution < -0.4 is 11.2 Å². The highest BCUT2D eigenvalue weighted by Gasteiger charge is 2.19. The van der Waals surface area contributed by atoms with Crippen molar-refractivity contribution in [2.75, 3.05) is 0 Å². The summed E-state index contributed by atoms with van der Waals surface area (Å²) in [5.41, 5.74) is 11.4. The zero-order chi connectivity index (χ0) is 19.4. The fourth-order valence-corrected chi connectivity index (χ4v) is 2.65. The fourth-order valence-electron chi connectivity index (χ4n) is 2.52. The summed E-state index contributed by atoms with van der Waals surface area (Å²) in [5.74, 6) is 5.70. The van der Waals surface area contributed by atoms with Crippen LogP contribution in [0.2, 0.25) is 5.02 Å². The Kier molecular flexibility index (Phi) is 5.67. The molecule has 6 nitrogen and oxygen atoms in total. The van der Waals surface area contributed by atoms with Gasteiger partial charge in [0.15, 0.2) is 0 Å². The lowest BCUT2D eigenvalue weighted by Crippen LogP contribution is -2.38. The molecule has 0 saturated heterocycles. The van der Waals surface area contributed by atoms with Gasteiger partial charge in [-0.3, -0.25) is 15.5 Å². The van der Waals surface area contributed by atoms with Gasteiger partial charge in [0.1, 0.15) is 12.1 Å². The van der Waals surface area contributed by atoms with Crippen molar-refractivity contribution >= 4 is 23.3 Å². The van der Waals surface area contributed by atoms with Gasteiger partial charge in [0.2, 0.25) is 0 Å². The van der Waals surface area contributed by atoms with E-state index in [4.69, 9.17) is 22.2 Å². The van der Waals surface area contributed by atoms with Gasteiger partial charge in [-0.1, -0.05) is 47.7 Å². The van der Waals surface area contributed by atoms with Gasteiger partial charge < -0.3 is 5.73 Å². The van der Waals surface area contributed by atoms with Crippen LogP contribution in [0.5, 0.6) is 0 Å². The molecule has 2 atom stereocenters. The molecule has 1 heterocycles. The van der Waals surface area contributed by atoms with E-state index in [1.807, 2.05) is 54.6 Å². The summed E-state index contributed by atoms with van der Waals surface area (Å²) in [5, 5.41) is 10.5. The van der Waals surface area contributed by atoms with E-state index >= 15 is 0 Å². The maximum atomic E-state index is 10.9. The number of nitrogens with two attached hydrogens (primary N) is 1. The summed E-state index contributed by atoms with van der Waals surface area (Å²) in [7, 11) is 0. The number of benzene rings is 2. The van der Waals surface area contributed by atoms with E-state index in [1.54, 1.807) is 6.92 Å². The highest BCUT2D eigenvalue weighted by Crippen LogP contribution is 2.29. The van der Waals surface area contributed by atoms with Gasteiger partial charge in [0, 0.05) is 16.1 Å². The van der Waals surface area contributed by atoms with Gasteiger partial charge in [-0.05, 0) is 42.8 Å². The number of rotatable bonds is 3. The van der Waals surface area contributed by atoms with Crippen molar-refractivity contribution in [3.8, 4) is 11.8 Å². The minimum Gasteiger partial charge on any atom is -0.350 e. The highest BCUT2D eigenvalue weighted by molar-refractivity contribution is 6.30. The number of carbonyl (C=O) groups is 1. The number of urea groups is 1. The van der Waals surface area contributed by atoms with E-state index in [1.165, 1.54) is 0 Å². The predicted molar refractivity (Wildman–Crippen MR) is 102 cm³/mol. The highest BCUT2D eigenvalue weighted by atomic mass is 35.5. The molecule has 0 saturated carbocycles. The largest absolute Gasteiger partial charge is 0.350 e. The van der Waals surface area contributed by atoms with Crippen LogP contribution in [-0.2, 0) is 4.84 Å². The number of nitrogens with one attached hydrogen (secondary N) is 1. The van der Waals surface area contributed by atoms with E-state index in [-0.39, 0.29) is 6.10 Å². The molecule has 7 heteroatoms. The zero-order valence-corrected chi connectivity index (χ0v) is 15.3. The number of halogens is 1. The maximum absolute atomic E-state index is 10.9. The molecule has 0 spiro atoms. The molecule has 2 aromatic rings. The first-order chi connectivity index (χ1) is 12.9. The van der Waals surface area contributed by atoms with Gasteiger partial charge in [0.25, 0.3) is 0 Å². The molecule has 138 valence electrons. The van der Waals surface area contributed by atoms with Crippen LogP contribution in [0.3, 0.4) is 0 Å². The van der Waals surface area contributed by atoms with Crippen LogP contribution in [0.1, 0.15) is 29.7 Å². The average Bonchev–Trinajstić information content (AvgIpc) is 3.16. The Balaban J connectivity index is 1.77. The Labute approximate surface area is 162 Å². The maximum Gasteiger partial charge on any atom is 0.339 e. The molecule has 0 aliphatic carbocycles. The summed E-state index contributed by atoms with van der Waals surface area (Å²) in [6.45, 7) is 1.58. The third kappa shape index (κ3) is 4.60. The molecule has 3 rings (SSSR count). The fraction of sp³-hybridized carbons (Fsp3) is 0.150. The molecule has 0 aromatic heterocycles. The third-order valence-electron chi connectivity index (χ3n) is 4.00. The molecular weight excluding hydrogens is 366 g/mol. The Morgan fingerprint density at radius 1 is 1.33 bits per heavy atom. The first-order valence-corrected chi connectivity index (χ1v) is 8.60. The van der Waals surface area contributed by atoms with Crippen LogP contribution >= 0.6 is 11.6 Å². The number of hydrogen-bond donors (Lipinski definition) is 3. The van der Waals surface area contributed by atoms with Crippen molar-refractivity contribution in [2.45, 2.75) is 19.1 Å². The van der Waals surface area contributed by atoms with Crippen LogP contribution in [0.25, 0.3) is 5.70 Å². The molecule has 1 aliphatic heterocycles. The van der Waals surface area contributed by atoms with Crippen molar-refractivity contribution in [2.24, 2.45) is 5.73 Å². The summed E-state index contributed by atoms with van der Waals surface area (Å²) < 4.78 is 0. The van der Waals surface area contributed by atoms with E-state index in [2.05, 4.69) is 17.3 Å². The van der Waals surface area contributed by atoms with Crippen molar-refractivity contribution in [1.82, 2.24) is 10.5 Å². The summed E-state index contributed by atoms with van der Waals surface area (Å²) >= 11 is 5.92. The minimum atomic E-state index is -0.948. The number of primary amides is 1. The van der Waals surface area contributed by atoms with Gasteiger partial charge in [0.05, 0.1) is 5.70 Å². The van der Waals surface area contributed by atoms with Gasteiger partial charge in [-0.2, -0.15) is 5.06 Å². The Hall–Kier alpha value is -2.98. The number of hydroxylamine groups is 3. The summed E-state index contributed by atoms with van der Waals surface area (Å²) in [6.07, 6.45) is 1.76. The molecule has 27 heavy (non-hydrogen) atoms. The molecular formula is C20H18ClN3O3. The quantitative estimate of drug-likeness (QED) is 0.430. The molecule has 0 bridgehead atoms. The normalized spacial score (nSPS) is 16.6. The number of nitrogens with zero attached hydrogens (tertiary/aromatic N) is 1. The molecule has 2 amide bonds. The topological polar surface area (TPSA) is 87.8 Å². The van der Waals surface area contributed by atoms with E-state index < -0.39 is 12.1 Å². The van der Waals surface area contributed by atoms with E-state index in [0.29, 0.717) is 10.1 Å². The SMILES string of the molecule is CC(C#Cc1cccc(C2=CC(c3ccc(Cl)cc3)ON2)c1)N(O)C(N)=O.